The lowest BCUT2D eigenvalue weighted by molar-refractivity contribution is -0.120. The smallest absolute Gasteiger partial charge is 0.227 e. The number of amides is 1. The van der Waals surface area contributed by atoms with Crippen LogP contribution in [-0.2, 0) is 11.2 Å². The summed E-state index contributed by atoms with van der Waals surface area (Å²) in [5.74, 6) is 0.606. The van der Waals surface area contributed by atoms with Gasteiger partial charge in [0.1, 0.15) is 5.76 Å². The van der Waals surface area contributed by atoms with Crippen LogP contribution < -0.4 is 11.1 Å². The molecule has 1 aromatic rings. The molecule has 0 aliphatic carbocycles. The topological polar surface area (TPSA) is 68.3 Å². The molecule has 0 radical (unpaired) electrons. The Morgan fingerprint density at radius 1 is 1.77 bits per heavy atom. The first-order chi connectivity index (χ1) is 6.18. The number of hydrogen-bond donors (Lipinski definition) is 2. The highest BCUT2D eigenvalue weighted by atomic mass is 16.3. The van der Waals surface area contributed by atoms with Crippen LogP contribution in [0.25, 0.3) is 0 Å². The van der Waals surface area contributed by atoms with Crippen LogP contribution in [0.4, 0.5) is 0 Å². The van der Waals surface area contributed by atoms with E-state index >= 15 is 0 Å². The van der Waals surface area contributed by atoms with E-state index in [2.05, 4.69) is 5.32 Å². The van der Waals surface area contributed by atoms with Crippen molar-refractivity contribution in [2.45, 2.75) is 19.4 Å². The summed E-state index contributed by atoms with van der Waals surface area (Å²) in [7, 11) is 0. The van der Waals surface area contributed by atoms with Crippen molar-refractivity contribution in [1.29, 1.82) is 0 Å². The zero-order chi connectivity index (χ0) is 9.68. The molecule has 3 N–H and O–H groups in total. The first-order valence-electron chi connectivity index (χ1n) is 4.23. The molecular formula is C9H14N2O2. The molecule has 0 fully saturated rings. The molecule has 0 aliphatic rings. The number of nitrogens with one attached hydrogen (secondary N) is 1. The van der Waals surface area contributed by atoms with Crippen molar-refractivity contribution in [1.82, 2.24) is 5.32 Å². The van der Waals surface area contributed by atoms with Gasteiger partial charge in [0.2, 0.25) is 5.91 Å². The summed E-state index contributed by atoms with van der Waals surface area (Å²) >= 11 is 0. The second-order valence-electron chi connectivity index (χ2n) is 3.04. The first kappa shape index (κ1) is 9.80. The molecule has 0 saturated carbocycles. The molecular weight excluding hydrogens is 168 g/mol. The van der Waals surface area contributed by atoms with Gasteiger partial charge in [-0.1, -0.05) is 0 Å². The van der Waals surface area contributed by atoms with Crippen molar-refractivity contribution in [3.05, 3.63) is 24.2 Å². The van der Waals surface area contributed by atoms with Crippen molar-refractivity contribution in [3.8, 4) is 0 Å². The molecule has 1 aromatic heterocycles. The van der Waals surface area contributed by atoms with Crippen molar-refractivity contribution >= 4 is 5.91 Å². The SMILES string of the molecule is CC(N)CNC(=O)Cc1ccco1. The van der Waals surface area contributed by atoms with Crippen LogP contribution >= 0.6 is 0 Å². The number of nitrogens with two attached hydrogens (primary N) is 1. The molecule has 0 aliphatic heterocycles. The third-order valence-electron chi connectivity index (χ3n) is 1.54. The fourth-order valence-corrected chi connectivity index (χ4v) is 0.909. The lowest BCUT2D eigenvalue weighted by Gasteiger charge is -2.06. The number of hydrogen-bond acceptors (Lipinski definition) is 3. The standard InChI is InChI=1S/C9H14N2O2/c1-7(10)6-11-9(12)5-8-3-2-4-13-8/h2-4,7H,5-6,10H2,1H3,(H,11,12). The van der Waals surface area contributed by atoms with Gasteiger partial charge in [-0.15, -0.1) is 0 Å². The van der Waals surface area contributed by atoms with Gasteiger partial charge in [-0.25, -0.2) is 0 Å². The van der Waals surface area contributed by atoms with Crippen LogP contribution in [0.15, 0.2) is 22.8 Å². The lowest BCUT2D eigenvalue weighted by Crippen LogP contribution is -2.35. The van der Waals surface area contributed by atoms with Gasteiger partial charge in [-0.2, -0.15) is 0 Å². The molecule has 1 atom stereocenters. The van der Waals surface area contributed by atoms with Gasteiger partial charge in [0.15, 0.2) is 0 Å². The maximum Gasteiger partial charge on any atom is 0.227 e. The van der Waals surface area contributed by atoms with E-state index in [0.29, 0.717) is 12.3 Å². The average Bonchev–Trinajstić information content (AvgIpc) is 2.53. The minimum Gasteiger partial charge on any atom is -0.469 e. The van der Waals surface area contributed by atoms with E-state index in [9.17, 15) is 4.79 Å². The summed E-state index contributed by atoms with van der Waals surface area (Å²) in [6.07, 6.45) is 1.83. The van der Waals surface area contributed by atoms with Gasteiger partial charge in [-0.05, 0) is 19.1 Å². The molecule has 72 valence electrons. The molecule has 0 bridgehead atoms. The number of rotatable bonds is 4. The Morgan fingerprint density at radius 3 is 3.08 bits per heavy atom. The zero-order valence-corrected chi connectivity index (χ0v) is 7.62. The Labute approximate surface area is 77.1 Å². The van der Waals surface area contributed by atoms with Crippen molar-refractivity contribution in [3.63, 3.8) is 0 Å². The van der Waals surface area contributed by atoms with Gasteiger partial charge in [0.05, 0.1) is 12.7 Å². The minimum atomic E-state index is -0.0627. The number of carbonyl (C=O) groups excluding carboxylic acids is 1. The maximum atomic E-state index is 11.2. The summed E-state index contributed by atoms with van der Waals surface area (Å²) in [5.41, 5.74) is 5.48. The summed E-state index contributed by atoms with van der Waals surface area (Å²) in [4.78, 5) is 11.2. The molecule has 1 heterocycles. The zero-order valence-electron chi connectivity index (χ0n) is 7.62. The highest BCUT2D eigenvalue weighted by Crippen LogP contribution is 2.00. The molecule has 1 rings (SSSR count). The molecule has 4 nitrogen and oxygen atoms in total. The minimum absolute atomic E-state index is 0.0134. The largest absolute Gasteiger partial charge is 0.469 e. The van der Waals surface area contributed by atoms with Crippen LogP contribution in [0, 0.1) is 0 Å². The van der Waals surface area contributed by atoms with Crippen LogP contribution in [0.3, 0.4) is 0 Å². The molecule has 0 spiro atoms. The third kappa shape index (κ3) is 3.75. The highest BCUT2D eigenvalue weighted by Gasteiger charge is 2.05. The fourth-order valence-electron chi connectivity index (χ4n) is 0.909. The monoisotopic (exact) mass is 182 g/mol. The van der Waals surface area contributed by atoms with E-state index in [-0.39, 0.29) is 18.4 Å². The summed E-state index contributed by atoms with van der Waals surface area (Å²) in [5, 5.41) is 2.70. The van der Waals surface area contributed by atoms with E-state index < -0.39 is 0 Å². The third-order valence-corrected chi connectivity index (χ3v) is 1.54. The van der Waals surface area contributed by atoms with Gasteiger partial charge in [0, 0.05) is 12.6 Å². The van der Waals surface area contributed by atoms with Crippen molar-refractivity contribution in [2.75, 3.05) is 6.54 Å². The molecule has 1 amide bonds. The molecule has 0 saturated heterocycles. The summed E-state index contributed by atoms with van der Waals surface area (Å²) in [6, 6.07) is 3.51. The molecule has 0 aromatic carbocycles. The number of furan rings is 1. The van der Waals surface area contributed by atoms with Gasteiger partial charge in [0.25, 0.3) is 0 Å². The van der Waals surface area contributed by atoms with Crippen molar-refractivity contribution in [2.24, 2.45) is 5.73 Å². The molecule has 13 heavy (non-hydrogen) atoms. The second kappa shape index (κ2) is 4.67. The van der Waals surface area contributed by atoms with Gasteiger partial charge < -0.3 is 15.5 Å². The van der Waals surface area contributed by atoms with E-state index in [4.69, 9.17) is 10.2 Å². The fraction of sp³-hybridized carbons (Fsp3) is 0.444. The summed E-state index contributed by atoms with van der Waals surface area (Å²) < 4.78 is 5.02. The Hall–Kier alpha value is -1.29. The number of carbonyl (C=O) groups is 1. The quantitative estimate of drug-likeness (QED) is 0.703. The Morgan fingerprint density at radius 2 is 2.54 bits per heavy atom. The van der Waals surface area contributed by atoms with Crippen LogP contribution in [0.2, 0.25) is 0 Å². The first-order valence-corrected chi connectivity index (χ1v) is 4.23. The highest BCUT2D eigenvalue weighted by molar-refractivity contribution is 5.77. The maximum absolute atomic E-state index is 11.2. The Balaban J connectivity index is 2.26. The van der Waals surface area contributed by atoms with Crippen LogP contribution in [0.1, 0.15) is 12.7 Å². The predicted molar refractivity (Wildman–Crippen MR) is 49.1 cm³/mol. The lowest BCUT2D eigenvalue weighted by atomic mass is 10.3. The van der Waals surface area contributed by atoms with Crippen molar-refractivity contribution < 1.29 is 9.21 Å². The Bertz CT molecular complexity index is 255. The molecule has 1 unspecified atom stereocenters. The van der Waals surface area contributed by atoms with E-state index in [1.54, 1.807) is 18.4 Å². The van der Waals surface area contributed by atoms with Crippen LogP contribution in [0.5, 0.6) is 0 Å². The Kier molecular flexibility index (Phi) is 3.52. The van der Waals surface area contributed by atoms with Gasteiger partial charge in [-0.3, -0.25) is 4.79 Å². The summed E-state index contributed by atoms with van der Waals surface area (Å²) in [6.45, 7) is 2.34. The predicted octanol–water partition coefficient (Wildman–Crippen LogP) is 0.286. The van der Waals surface area contributed by atoms with E-state index in [0.717, 1.165) is 0 Å². The average molecular weight is 182 g/mol. The molecule has 4 heteroatoms. The van der Waals surface area contributed by atoms with E-state index in [1.807, 2.05) is 6.92 Å². The van der Waals surface area contributed by atoms with E-state index in [1.165, 1.54) is 0 Å². The van der Waals surface area contributed by atoms with Gasteiger partial charge >= 0.3 is 0 Å². The normalized spacial score (nSPS) is 12.5. The van der Waals surface area contributed by atoms with Crippen LogP contribution in [-0.4, -0.2) is 18.5 Å². The second-order valence-corrected chi connectivity index (χ2v) is 3.04.